The van der Waals surface area contributed by atoms with Gasteiger partial charge in [0.2, 0.25) is 5.91 Å². The average Bonchev–Trinajstić information content (AvgIpc) is 3.47. The monoisotopic (exact) mass is 419 g/mol. The zero-order valence-electron chi connectivity index (χ0n) is 16.3. The summed E-state index contributed by atoms with van der Waals surface area (Å²) in [6.45, 7) is 1.34. The molecule has 1 aliphatic heterocycles. The molecular weight excluding hydrogens is 398 g/mol. The number of nitrogens with one attached hydrogen (secondary N) is 1. The van der Waals surface area contributed by atoms with Gasteiger partial charge in [0, 0.05) is 24.1 Å². The zero-order chi connectivity index (χ0) is 20.3. The van der Waals surface area contributed by atoms with Gasteiger partial charge < -0.3 is 10.1 Å². The molecule has 0 radical (unpaired) electrons. The van der Waals surface area contributed by atoms with Crippen LogP contribution in [0.15, 0.2) is 59.8 Å². The fourth-order valence-electron chi connectivity index (χ4n) is 3.55. The normalized spacial score (nSPS) is 16.3. The second kappa shape index (κ2) is 8.41. The molecule has 30 heavy (non-hydrogen) atoms. The smallest absolute Gasteiger partial charge is 0.230 e. The first-order chi connectivity index (χ1) is 14.8. The van der Waals surface area contributed by atoms with E-state index in [4.69, 9.17) is 19.8 Å². The Balaban J connectivity index is 1.43. The third-order valence-corrected chi connectivity index (χ3v) is 5.99. The molecule has 1 saturated heterocycles. The topological polar surface area (TPSA) is 81.4 Å². The molecule has 2 aromatic heterocycles. The van der Waals surface area contributed by atoms with Crippen molar-refractivity contribution in [3.05, 3.63) is 54.6 Å². The highest BCUT2D eigenvalue weighted by molar-refractivity contribution is 7.99. The Morgan fingerprint density at radius 2 is 1.97 bits per heavy atom. The van der Waals surface area contributed by atoms with Crippen LogP contribution in [0.2, 0.25) is 0 Å². The minimum atomic E-state index is -0.0398. The molecule has 4 aromatic rings. The van der Waals surface area contributed by atoms with Crippen molar-refractivity contribution in [2.24, 2.45) is 0 Å². The first-order valence-corrected chi connectivity index (χ1v) is 11.0. The number of thioether (sulfide) groups is 1. The Bertz CT molecular complexity index is 1190. The van der Waals surface area contributed by atoms with Crippen LogP contribution in [0, 0.1) is 0 Å². The average molecular weight is 420 g/mol. The van der Waals surface area contributed by atoms with Crippen LogP contribution in [0.5, 0.6) is 0 Å². The van der Waals surface area contributed by atoms with E-state index in [0.717, 1.165) is 41.6 Å². The number of ether oxygens (including phenoxy) is 1. The van der Waals surface area contributed by atoms with Crippen molar-refractivity contribution < 1.29 is 9.53 Å². The maximum atomic E-state index is 12.3. The van der Waals surface area contributed by atoms with Crippen molar-refractivity contribution in [2.45, 2.75) is 24.1 Å². The van der Waals surface area contributed by atoms with Crippen LogP contribution in [-0.2, 0) is 9.53 Å². The van der Waals surface area contributed by atoms with E-state index in [1.165, 1.54) is 11.8 Å². The largest absolute Gasteiger partial charge is 0.376 e. The summed E-state index contributed by atoms with van der Waals surface area (Å²) in [7, 11) is 0. The number of hydrogen-bond donors (Lipinski definition) is 1. The van der Waals surface area contributed by atoms with Crippen LogP contribution < -0.4 is 5.32 Å². The number of carbonyl (C=O) groups is 1. The summed E-state index contributed by atoms with van der Waals surface area (Å²) in [6, 6.07) is 17.7. The van der Waals surface area contributed by atoms with Gasteiger partial charge in [-0.15, -0.1) is 5.10 Å². The molecule has 0 aliphatic carbocycles. The van der Waals surface area contributed by atoms with Gasteiger partial charge in [0.1, 0.15) is 0 Å². The highest BCUT2D eigenvalue weighted by atomic mass is 32.2. The first-order valence-electron chi connectivity index (χ1n) is 10.00. The summed E-state index contributed by atoms with van der Waals surface area (Å²) in [5.74, 6) is 0.855. The van der Waals surface area contributed by atoms with Crippen molar-refractivity contribution in [1.29, 1.82) is 0 Å². The molecule has 1 atom stereocenters. The van der Waals surface area contributed by atoms with Crippen LogP contribution in [0.25, 0.3) is 27.9 Å². The Labute approximate surface area is 177 Å². The molecule has 1 fully saturated rings. The number of nitrogens with zero attached hydrogens (tertiary/aromatic N) is 4. The quantitative estimate of drug-likeness (QED) is 0.381. The predicted molar refractivity (Wildman–Crippen MR) is 116 cm³/mol. The number of benzene rings is 2. The lowest BCUT2D eigenvalue weighted by molar-refractivity contribution is -0.119. The molecule has 0 spiro atoms. The Morgan fingerprint density at radius 3 is 2.80 bits per heavy atom. The van der Waals surface area contributed by atoms with Crippen LogP contribution in [0.3, 0.4) is 0 Å². The van der Waals surface area contributed by atoms with Crippen LogP contribution in [-0.4, -0.2) is 50.5 Å². The van der Waals surface area contributed by atoms with Gasteiger partial charge >= 0.3 is 0 Å². The van der Waals surface area contributed by atoms with E-state index >= 15 is 0 Å². The van der Waals surface area contributed by atoms with Crippen molar-refractivity contribution >= 4 is 34.2 Å². The number of aromatic nitrogens is 4. The van der Waals surface area contributed by atoms with E-state index in [-0.39, 0.29) is 17.8 Å². The SMILES string of the molecule is O=C(CSc1nc2ccccc2c2nc(-c3ccccc3)nn12)NC[C@@H]1CCCO1. The Kier molecular flexibility index (Phi) is 5.33. The summed E-state index contributed by atoms with van der Waals surface area (Å²) in [5, 5.41) is 9.22. The molecule has 1 N–H and O–H groups in total. The summed E-state index contributed by atoms with van der Waals surface area (Å²) < 4.78 is 7.30. The summed E-state index contributed by atoms with van der Waals surface area (Å²) >= 11 is 1.36. The summed E-state index contributed by atoms with van der Waals surface area (Å²) in [4.78, 5) is 21.8. The lowest BCUT2D eigenvalue weighted by Crippen LogP contribution is -2.32. The Morgan fingerprint density at radius 1 is 1.13 bits per heavy atom. The molecule has 1 amide bonds. The van der Waals surface area contributed by atoms with E-state index in [1.54, 1.807) is 4.52 Å². The fourth-order valence-corrected chi connectivity index (χ4v) is 4.32. The van der Waals surface area contributed by atoms with E-state index < -0.39 is 0 Å². The molecule has 8 heteroatoms. The van der Waals surface area contributed by atoms with Gasteiger partial charge in [-0.05, 0) is 25.0 Å². The summed E-state index contributed by atoms with van der Waals surface area (Å²) in [5.41, 5.74) is 2.51. The molecule has 0 saturated carbocycles. The molecule has 5 rings (SSSR count). The molecule has 152 valence electrons. The van der Waals surface area contributed by atoms with Gasteiger partial charge in [-0.2, -0.15) is 4.52 Å². The van der Waals surface area contributed by atoms with E-state index in [0.29, 0.717) is 17.5 Å². The van der Waals surface area contributed by atoms with E-state index in [9.17, 15) is 4.79 Å². The third kappa shape index (κ3) is 3.88. The number of fused-ring (bicyclic) bond motifs is 3. The lowest BCUT2D eigenvalue weighted by Gasteiger charge is -2.10. The number of hydrogen-bond acceptors (Lipinski definition) is 6. The van der Waals surface area contributed by atoms with Gasteiger partial charge in [0.15, 0.2) is 16.6 Å². The highest BCUT2D eigenvalue weighted by Gasteiger charge is 2.18. The van der Waals surface area contributed by atoms with Crippen LogP contribution in [0.1, 0.15) is 12.8 Å². The number of amides is 1. The summed E-state index contributed by atoms with van der Waals surface area (Å²) in [6.07, 6.45) is 2.19. The van der Waals surface area contributed by atoms with Crippen molar-refractivity contribution in [3.63, 3.8) is 0 Å². The fraction of sp³-hybridized carbons (Fsp3) is 0.273. The van der Waals surface area contributed by atoms with Crippen molar-refractivity contribution in [2.75, 3.05) is 18.9 Å². The molecule has 0 unspecified atom stereocenters. The van der Waals surface area contributed by atoms with E-state index in [2.05, 4.69) is 5.32 Å². The van der Waals surface area contributed by atoms with Gasteiger partial charge in [0.05, 0.1) is 17.4 Å². The van der Waals surface area contributed by atoms with Crippen molar-refractivity contribution in [1.82, 2.24) is 24.9 Å². The standard InChI is InChI=1S/C22H21N5O2S/c28-19(23-13-16-9-6-12-29-16)14-30-22-24-18-11-5-4-10-17(18)21-25-20(26-27(21)22)15-7-2-1-3-8-15/h1-5,7-8,10-11,16H,6,9,12-14H2,(H,23,28)/t16-/m0/s1. The maximum absolute atomic E-state index is 12.3. The Hall–Kier alpha value is -2.97. The maximum Gasteiger partial charge on any atom is 0.230 e. The van der Waals surface area contributed by atoms with Gasteiger partial charge in [0.25, 0.3) is 0 Å². The van der Waals surface area contributed by atoms with Crippen LogP contribution >= 0.6 is 11.8 Å². The minimum Gasteiger partial charge on any atom is -0.376 e. The molecule has 0 bridgehead atoms. The van der Waals surface area contributed by atoms with Crippen LogP contribution in [0.4, 0.5) is 0 Å². The van der Waals surface area contributed by atoms with Gasteiger partial charge in [-0.3, -0.25) is 4.79 Å². The number of para-hydroxylation sites is 1. The van der Waals surface area contributed by atoms with E-state index in [1.807, 2.05) is 54.6 Å². The molecule has 2 aromatic carbocycles. The molecule has 3 heterocycles. The first kappa shape index (κ1) is 19.0. The highest BCUT2D eigenvalue weighted by Crippen LogP contribution is 2.26. The second-order valence-electron chi connectivity index (χ2n) is 7.18. The molecule has 7 nitrogen and oxygen atoms in total. The third-order valence-electron chi connectivity index (χ3n) is 5.06. The molecule has 1 aliphatic rings. The van der Waals surface area contributed by atoms with Gasteiger partial charge in [-0.25, -0.2) is 9.97 Å². The minimum absolute atomic E-state index is 0.0398. The number of rotatable bonds is 6. The van der Waals surface area contributed by atoms with Crippen molar-refractivity contribution in [3.8, 4) is 11.4 Å². The molecular formula is C22H21N5O2S. The predicted octanol–water partition coefficient (Wildman–Crippen LogP) is 3.33. The lowest BCUT2D eigenvalue weighted by atomic mass is 10.2. The van der Waals surface area contributed by atoms with Gasteiger partial charge in [-0.1, -0.05) is 54.2 Å². The second-order valence-corrected chi connectivity index (χ2v) is 8.12. The number of carbonyl (C=O) groups excluding carboxylic acids is 1. The zero-order valence-corrected chi connectivity index (χ0v) is 17.1.